The Morgan fingerprint density at radius 1 is 0.960 bits per heavy atom. The molecule has 4 bridgehead atoms. The molecular weight excluding hydrogens is 310 g/mol. The summed E-state index contributed by atoms with van der Waals surface area (Å²) >= 11 is 0. The van der Waals surface area contributed by atoms with Gasteiger partial charge in [0.05, 0.1) is 0 Å². The van der Waals surface area contributed by atoms with Gasteiger partial charge in [-0.05, 0) is 92.2 Å². The van der Waals surface area contributed by atoms with E-state index in [0.29, 0.717) is 5.41 Å². The molecule has 0 N–H and O–H groups in total. The Labute approximate surface area is 150 Å². The predicted molar refractivity (Wildman–Crippen MR) is 97.6 cm³/mol. The molecule has 0 radical (unpaired) electrons. The Bertz CT molecular complexity index is 609. The van der Waals surface area contributed by atoms with Crippen molar-refractivity contribution in [2.75, 3.05) is 19.7 Å². The number of likely N-dealkylation sites (tertiary alicyclic amines) is 1. The van der Waals surface area contributed by atoms with Crippen molar-refractivity contribution in [3.8, 4) is 5.75 Å². The maximum atomic E-state index is 12.1. The number of amides is 1. The van der Waals surface area contributed by atoms with Crippen molar-refractivity contribution < 1.29 is 9.53 Å². The molecule has 0 unspecified atom stereocenters. The zero-order chi connectivity index (χ0) is 16.9. The van der Waals surface area contributed by atoms with Crippen LogP contribution in [0.3, 0.4) is 0 Å². The van der Waals surface area contributed by atoms with Gasteiger partial charge in [0.15, 0.2) is 6.61 Å². The van der Waals surface area contributed by atoms with E-state index >= 15 is 0 Å². The third-order valence-corrected chi connectivity index (χ3v) is 7.33. The minimum atomic E-state index is 0.127. The van der Waals surface area contributed by atoms with E-state index in [2.05, 4.69) is 24.3 Å². The molecule has 3 nitrogen and oxygen atoms in total. The summed E-state index contributed by atoms with van der Waals surface area (Å²) in [5, 5.41) is 0. The highest BCUT2D eigenvalue weighted by atomic mass is 16.5. The van der Waals surface area contributed by atoms with Crippen molar-refractivity contribution in [2.24, 2.45) is 17.8 Å². The first kappa shape index (κ1) is 15.7. The molecule has 25 heavy (non-hydrogen) atoms. The summed E-state index contributed by atoms with van der Waals surface area (Å²) in [4.78, 5) is 14.0. The van der Waals surface area contributed by atoms with Crippen LogP contribution in [0.15, 0.2) is 24.3 Å². The standard InChI is InChI=1S/C22H29NO2/c24-21(23-7-1-2-8-23)15-25-20-5-3-19(4-6-20)22-12-16-9-17(13-22)11-18(10-16)14-22/h3-6,16-18H,1-2,7-15H2. The molecule has 134 valence electrons. The van der Waals surface area contributed by atoms with Gasteiger partial charge in [-0.15, -0.1) is 0 Å². The summed E-state index contributed by atoms with van der Waals surface area (Å²) in [5.41, 5.74) is 1.96. The van der Waals surface area contributed by atoms with E-state index in [9.17, 15) is 4.79 Å². The fraction of sp³-hybridized carbons (Fsp3) is 0.682. The Kier molecular flexibility index (Phi) is 3.79. The highest BCUT2D eigenvalue weighted by Crippen LogP contribution is 2.60. The molecule has 4 saturated carbocycles. The Morgan fingerprint density at radius 2 is 1.52 bits per heavy atom. The number of nitrogens with zero attached hydrogens (tertiary/aromatic N) is 1. The van der Waals surface area contributed by atoms with Crippen molar-refractivity contribution in [1.29, 1.82) is 0 Å². The smallest absolute Gasteiger partial charge is 0.260 e. The van der Waals surface area contributed by atoms with Crippen LogP contribution in [0.1, 0.15) is 56.9 Å². The monoisotopic (exact) mass is 339 g/mol. The van der Waals surface area contributed by atoms with Crippen LogP contribution in [0.5, 0.6) is 5.75 Å². The third-order valence-electron chi connectivity index (χ3n) is 7.33. The van der Waals surface area contributed by atoms with Crippen LogP contribution in [0.4, 0.5) is 0 Å². The molecule has 1 amide bonds. The predicted octanol–water partition coefficient (Wildman–Crippen LogP) is 4.16. The number of rotatable bonds is 4. The van der Waals surface area contributed by atoms with Crippen molar-refractivity contribution in [2.45, 2.75) is 56.8 Å². The molecular formula is C22H29NO2. The summed E-state index contributed by atoms with van der Waals surface area (Å²) in [7, 11) is 0. The number of carbonyl (C=O) groups excluding carboxylic acids is 1. The normalized spacial score (nSPS) is 36.0. The van der Waals surface area contributed by atoms with E-state index in [-0.39, 0.29) is 12.5 Å². The molecule has 4 aliphatic carbocycles. The van der Waals surface area contributed by atoms with Crippen LogP contribution in [-0.4, -0.2) is 30.5 Å². The summed E-state index contributed by atoms with van der Waals surface area (Å²) < 4.78 is 5.76. The van der Waals surface area contributed by atoms with Gasteiger partial charge in [-0.1, -0.05) is 12.1 Å². The zero-order valence-corrected chi connectivity index (χ0v) is 15.1. The van der Waals surface area contributed by atoms with E-state index in [1.807, 2.05) is 4.90 Å². The highest BCUT2D eigenvalue weighted by molar-refractivity contribution is 5.78. The number of hydrogen-bond acceptors (Lipinski definition) is 2. The lowest BCUT2D eigenvalue weighted by atomic mass is 9.48. The fourth-order valence-electron chi connectivity index (χ4n) is 6.57. The number of carbonyl (C=O) groups is 1. The second-order valence-electron chi connectivity index (χ2n) is 9.10. The van der Waals surface area contributed by atoms with Crippen molar-refractivity contribution in [1.82, 2.24) is 4.90 Å². The zero-order valence-electron chi connectivity index (χ0n) is 15.1. The maximum absolute atomic E-state index is 12.1. The largest absolute Gasteiger partial charge is 0.484 e. The molecule has 1 aromatic rings. The number of benzene rings is 1. The first-order valence-electron chi connectivity index (χ1n) is 10.2. The molecule has 1 saturated heterocycles. The summed E-state index contributed by atoms with van der Waals surface area (Å²) in [6.07, 6.45) is 10.9. The van der Waals surface area contributed by atoms with Gasteiger partial charge >= 0.3 is 0 Å². The van der Waals surface area contributed by atoms with Gasteiger partial charge in [-0.3, -0.25) is 4.79 Å². The summed E-state index contributed by atoms with van der Waals surface area (Å²) in [5.74, 6) is 3.88. The topological polar surface area (TPSA) is 29.5 Å². The maximum Gasteiger partial charge on any atom is 0.260 e. The van der Waals surface area contributed by atoms with Gasteiger partial charge < -0.3 is 9.64 Å². The Hall–Kier alpha value is -1.51. The number of ether oxygens (including phenoxy) is 1. The van der Waals surface area contributed by atoms with Crippen molar-refractivity contribution >= 4 is 5.91 Å². The van der Waals surface area contributed by atoms with E-state index in [0.717, 1.165) is 49.4 Å². The second kappa shape index (κ2) is 6.03. The minimum Gasteiger partial charge on any atom is -0.484 e. The molecule has 0 atom stereocenters. The first-order chi connectivity index (χ1) is 12.2. The second-order valence-corrected chi connectivity index (χ2v) is 9.10. The van der Waals surface area contributed by atoms with Crippen molar-refractivity contribution in [3.05, 3.63) is 29.8 Å². The molecule has 1 aromatic carbocycles. The molecule has 6 rings (SSSR count). The lowest BCUT2D eigenvalue weighted by Crippen LogP contribution is -2.48. The molecule has 5 aliphatic rings. The van der Waals surface area contributed by atoms with Gasteiger partial charge in [0.1, 0.15) is 5.75 Å². The molecule has 0 aromatic heterocycles. The molecule has 3 heteroatoms. The first-order valence-corrected chi connectivity index (χ1v) is 10.2. The van der Waals surface area contributed by atoms with E-state index in [1.54, 1.807) is 0 Å². The molecule has 5 fully saturated rings. The lowest BCUT2D eigenvalue weighted by Gasteiger charge is -2.57. The van der Waals surface area contributed by atoms with Gasteiger partial charge in [-0.2, -0.15) is 0 Å². The highest BCUT2D eigenvalue weighted by Gasteiger charge is 2.51. The van der Waals surface area contributed by atoms with Crippen molar-refractivity contribution in [3.63, 3.8) is 0 Å². The van der Waals surface area contributed by atoms with E-state index in [4.69, 9.17) is 4.74 Å². The quantitative estimate of drug-likeness (QED) is 0.824. The van der Waals surface area contributed by atoms with Crippen LogP contribution in [-0.2, 0) is 10.2 Å². The fourth-order valence-corrected chi connectivity index (χ4v) is 6.57. The van der Waals surface area contributed by atoms with Crippen LogP contribution in [0.25, 0.3) is 0 Å². The lowest BCUT2D eigenvalue weighted by molar-refractivity contribution is -0.132. The van der Waals surface area contributed by atoms with Crippen LogP contribution in [0, 0.1) is 17.8 Å². The van der Waals surface area contributed by atoms with E-state index < -0.39 is 0 Å². The SMILES string of the molecule is O=C(COc1ccc(C23CC4CC(CC(C4)C2)C3)cc1)N1CCCC1. The average Bonchev–Trinajstić information content (AvgIpc) is 3.14. The third kappa shape index (κ3) is 2.86. The average molecular weight is 339 g/mol. The van der Waals surface area contributed by atoms with Crippen LogP contribution < -0.4 is 4.74 Å². The van der Waals surface area contributed by atoms with Gasteiger partial charge in [0.25, 0.3) is 5.91 Å². The minimum absolute atomic E-state index is 0.127. The number of hydrogen-bond donors (Lipinski definition) is 0. The van der Waals surface area contributed by atoms with Gasteiger partial charge in [0.2, 0.25) is 0 Å². The summed E-state index contributed by atoms with van der Waals surface area (Å²) in [6, 6.07) is 8.74. The van der Waals surface area contributed by atoms with Gasteiger partial charge in [-0.25, -0.2) is 0 Å². The molecule has 1 aliphatic heterocycles. The summed E-state index contributed by atoms with van der Waals surface area (Å²) in [6.45, 7) is 1.97. The molecule has 0 spiro atoms. The van der Waals surface area contributed by atoms with Crippen LogP contribution >= 0.6 is 0 Å². The Morgan fingerprint density at radius 3 is 2.08 bits per heavy atom. The van der Waals surface area contributed by atoms with E-state index in [1.165, 1.54) is 44.1 Å². The van der Waals surface area contributed by atoms with Crippen LogP contribution in [0.2, 0.25) is 0 Å². The molecule has 1 heterocycles. The Balaban J connectivity index is 1.25. The van der Waals surface area contributed by atoms with Gasteiger partial charge in [0, 0.05) is 13.1 Å².